The third kappa shape index (κ3) is 4.43. The number of likely N-dealkylation sites (tertiary alicyclic amines) is 1. The fourth-order valence-corrected chi connectivity index (χ4v) is 4.01. The Morgan fingerprint density at radius 1 is 1.19 bits per heavy atom. The highest BCUT2D eigenvalue weighted by Gasteiger charge is 2.37. The minimum atomic E-state index is -0.878. The lowest BCUT2D eigenvalue weighted by atomic mass is 9.73. The van der Waals surface area contributed by atoms with Crippen molar-refractivity contribution in [1.82, 2.24) is 4.90 Å². The summed E-state index contributed by atoms with van der Waals surface area (Å²) in [5.74, 6) is -0.300. The summed E-state index contributed by atoms with van der Waals surface area (Å²) in [4.78, 5) is 12.7. The van der Waals surface area contributed by atoms with Crippen molar-refractivity contribution >= 4 is 22.0 Å². The summed E-state index contributed by atoms with van der Waals surface area (Å²) in [7, 11) is 0. The number of hydrogen-bond donors (Lipinski definition) is 1. The number of halogens is 2. The molecule has 4 nitrogen and oxygen atoms in total. The van der Waals surface area contributed by atoms with Crippen LogP contribution in [0.3, 0.4) is 0 Å². The van der Waals surface area contributed by atoms with E-state index in [-0.39, 0.29) is 11.2 Å². The second-order valence-electron chi connectivity index (χ2n) is 6.69. The molecule has 1 aliphatic heterocycles. The number of ether oxygens (including phenoxy) is 1. The van der Waals surface area contributed by atoms with E-state index in [4.69, 9.17) is 4.74 Å². The topological polar surface area (TPSA) is 49.8 Å². The first-order valence-electron chi connectivity index (χ1n) is 8.55. The molecule has 2 aromatic carbocycles. The quantitative estimate of drug-likeness (QED) is 0.752. The highest BCUT2D eigenvalue weighted by Crippen LogP contribution is 2.36. The maximum atomic E-state index is 13.5. The SMILES string of the molecule is O=C(O)N1CCC(COCc2cc(F)cc(Br)c2)(c2ccccc2)CC1. The van der Waals surface area contributed by atoms with E-state index in [1.807, 2.05) is 24.3 Å². The molecule has 0 saturated carbocycles. The Morgan fingerprint density at radius 2 is 1.88 bits per heavy atom. The van der Waals surface area contributed by atoms with Gasteiger partial charge >= 0.3 is 6.09 Å². The molecule has 0 bridgehead atoms. The van der Waals surface area contributed by atoms with Gasteiger partial charge in [0.05, 0.1) is 13.2 Å². The largest absolute Gasteiger partial charge is 0.465 e. The molecule has 6 heteroatoms. The molecule has 1 N–H and O–H groups in total. The van der Waals surface area contributed by atoms with E-state index in [1.165, 1.54) is 17.0 Å². The van der Waals surface area contributed by atoms with Gasteiger partial charge in [0.25, 0.3) is 0 Å². The van der Waals surface area contributed by atoms with Gasteiger partial charge in [-0.3, -0.25) is 0 Å². The zero-order chi connectivity index (χ0) is 18.6. The first kappa shape index (κ1) is 18.9. The molecule has 1 heterocycles. The number of carboxylic acid groups (broad SMARTS) is 1. The summed E-state index contributed by atoms with van der Waals surface area (Å²) in [6, 6.07) is 14.8. The van der Waals surface area contributed by atoms with E-state index < -0.39 is 6.09 Å². The molecule has 0 spiro atoms. The lowest BCUT2D eigenvalue weighted by molar-refractivity contribution is 0.0368. The van der Waals surface area contributed by atoms with Crippen molar-refractivity contribution in [1.29, 1.82) is 0 Å². The number of carbonyl (C=O) groups is 1. The van der Waals surface area contributed by atoms with Gasteiger partial charge in [-0.1, -0.05) is 46.3 Å². The molecule has 1 amide bonds. The van der Waals surface area contributed by atoms with Crippen molar-refractivity contribution in [3.05, 3.63) is 69.9 Å². The van der Waals surface area contributed by atoms with Crippen LogP contribution in [0.2, 0.25) is 0 Å². The van der Waals surface area contributed by atoms with Crippen LogP contribution < -0.4 is 0 Å². The van der Waals surface area contributed by atoms with Crippen molar-refractivity contribution in [2.75, 3.05) is 19.7 Å². The third-order valence-corrected chi connectivity index (χ3v) is 5.40. The van der Waals surface area contributed by atoms with Crippen LogP contribution in [0.1, 0.15) is 24.0 Å². The predicted molar refractivity (Wildman–Crippen MR) is 101 cm³/mol. The monoisotopic (exact) mass is 421 g/mol. The summed E-state index contributed by atoms with van der Waals surface area (Å²) in [5, 5.41) is 9.21. The fraction of sp³-hybridized carbons (Fsp3) is 0.350. The van der Waals surface area contributed by atoms with Gasteiger partial charge in [0.1, 0.15) is 5.82 Å². The van der Waals surface area contributed by atoms with Gasteiger partial charge in [-0.2, -0.15) is 0 Å². The lowest BCUT2D eigenvalue weighted by Gasteiger charge is -2.41. The first-order chi connectivity index (χ1) is 12.5. The predicted octanol–water partition coefficient (Wildman–Crippen LogP) is 4.82. The molecule has 1 fully saturated rings. The summed E-state index contributed by atoms with van der Waals surface area (Å²) >= 11 is 3.29. The van der Waals surface area contributed by atoms with Crippen LogP contribution in [-0.4, -0.2) is 35.8 Å². The smallest absolute Gasteiger partial charge is 0.407 e. The lowest BCUT2D eigenvalue weighted by Crippen LogP contribution is -2.46. The normalized spacial score (nSPS) is 16.5. The number of piperidine rings is 1. The minimum Gasteiger partial charge on any atom is -0.465 e. The van der Waals surface area contributed by atoms with E-state index in [1.54, 1.807) is 0 Å². The third-order valence-electron chi connectivity index (χ3n) is 4.95. The van der Waals surface area contributed by atoms with E-state index in [0.29, 0.717) is 43.6 Å². The number of nitrogens with zero attached hydrogens (tertiary/aromatic N) is 1. The van der Waals surface area contributed by atoms with Crippen molar-refractivity contribution < 1.29 is 19.0 Å². The summed E-state index contributed by atoms with van der Waals surface area (Å²) in [5.41, 5.74) is 1.70. The summed E-state index contributed by atoms with van der Waals surface area (Å²) in [6.07, 6.45) is 0.531. The second kappa shape index (κ2) is 8.18. The van der Waals surface area contributed by atoms with Crippen LogP contribution in [0.4, 0.5) is 9.18 Å². The molecule has 2 aromatic rings. The molecule has 0 unspecified atom stereocenters. The minimum absolute atomic E-state index is 0.224. The van der Waals surface area contributed by atoms with Gasteiger partial charge in [0, 0.05) is 23.0 Å². The molecule has 0 radical (unpaired) electrons. The van der Waals surface area contributed by atoms with Crippen molar-refractivity contribution in [3.63, 3.8) is 0 Å². The fourth-order valence-electron chi connectivity index (χ4n) is 3.49. The Hall–Kier alpha value is -1.92. The van der Waals surface area contributed by atoms with Crippen LogP contribution in [0, 0.1) is 5.82 Å². The second-order valence-corrected chi connectivity index (χ2v) is 7.60. The first-order valence-corrected chi connectivity index (χ1v) is 9.34. The number of amides is 1. The Morgan fingerprint density at radius 3 is 2.50 bits per heavy atom. The van der Waals surface area contributed by atoms with Crippen LogP contribution in [0.25, 0.3) is 0 Å². The van der Waals surface area contributed by atoms with Gasteiger partial charge in [0.15, 0.2) is 0 Å². The van der Waals surface area contributed by atoms with E-state index in [9.17, 15) is 14.3 Å². The maximum absolute atomic E-state index is 13.5. The summed E-state index contributed by atoms with van der Waals surface area (Å²) in [6.45, 7) is 1.75. The van der Waals surface area contributed by atoms with E-state index >= 15 is 0 Å². The van der Waals surface area contributed by atoms with Crippen LogP contribution in [0.15, 0.2) is 53.0 Å². The zero-order valence-electron chi connectivity index (χ0n) is 14.3. The van der Waals surface area contributed by atoms with Crippen molar-refractivity contribution in [3.8, 4) is 0 Å². The van der Waals surface area contributed by atoms with Crippen LogP contribution in [-0.2, 0) is 16.8 Å². The average Bonchev–Trinajstić information content (AvgIpc) is 2.62. The molecule has 1 aliphatic rings. The van der Waals surface area contributed by atoms with Crippen LogP contribution in [0.5, 0.6) is 0 Å². The number of rotatable bonds is 5. The van der Waals surface area contributed by atoms with E-state index in [0.717, 1.165) is 11.1 Å². The van der Waals surface area contributed by atoms with E-state index in [2.05, 4.69) is 28.1 Å². The molecule has 1 saturated heterocycles. The maximum Gasteiger partial charge on any atom is 0.407 e. The Kier molecular flexibility index (Phi) is 5.94. The zero-order valence-corrected chi connectivity index (χ0v) is 15.9. The molecule has 0 atom stereocenters. The Bertz CT molecular complexity index is 741. The van der Waals surface area contributed by atoms with Gasteiger partial charge in [0.2, 0.25) is 0 Å². The standard InChI is InChI=1S/C20H21BrFNO3/c21-17-10-15(11-18(22)12-17)13-26-14-20(16-4-2-1-3-5-16)6-8-23(9-7-20)19(24)25/h1-5,10-12H,6-9,13-14H2,(H,24,25). The molecular weight excluding hydrogens is 401 g/mol. The highest BCUT2D eigenvalue weighted by molar-refractivity contribution is 9.10. The van der Waals surface area contributed by atoms with Gasteiger partial charge < -0.3 is 14.7 Å². The summed E-state index contributed by atoms with van der Waals surface area (Å²) < 4.78 is 20.2. The van der Waals surface area contributed by atoms with Crippen molar-refractivity contribution in [2.45, 2.75) is 24.9 Å². The van der Waals surface area contributed by atoms with Crippen LogP contribution >= 0.6 is 15.9 Å². The average molecular weight is 422 g/mol. The molecule has 26 heavy (non-hydrogen) atoms. The molecule has 3 rings (SSSR count). The number of benzene rings is 2. The van der Waals surface area contributed by atoms with Gasteiger partial charge in [-0.15, -0.1) is 0 Å². The molecule has 0 aromatic heterocycles. The van der Waals surface area contributed by atoms with Gasteiger partial charge in [-0.05, 0) is 42.2 Å². The Labute approximate surface area is 160 Å². The van der Waals surface area contributed by atoms with Gasteiger partial charge in [-0.25, -0.2) is 9.18 Å². The molecule has 138 valence electrons. The number of hydrogen-bond acceptors (Lipinski definition) is 2. The molecule has 0 aliphatic carbocycles. The molecular formula is C20H21BrFNO3. The van der Waals surface area contributed by atoms with Crippen molar-refractivity contribution in [2.24, 2.45) is 0 Å². The highest BCUT2D eigenvalue weighted by atomic mass is 79.9. The Balaban J connectivity index is 1.72.